The van der Waals surface area contributed by atoms with E-state index in [0.717, 1.165) is 5.69 Å². The van der Waals surface area contributed by atoms with Gasteiger partial charge in [0.05, 0.1) is 17.9 Å². The zero-order chi connectivity index (χ0) is 12.1. The summed E-state index contributed by atoms with van der Waals surface area (Å²) in [5, 5.41) is 2.89. The maximum atomic E-state index is 11.8. The van der Waals surface area contributed by atoms with Gasteiger partial charge in [-0.15, -0.1) is 11.6 Å². The van der Waals surface area contributed by atoms with Gasteiger partial charge in [0.25, 0.3) is 0 Å². The SMILES string of the molecule is CC(C)CNC(=O)C(C)n1cncc1CCl. The van der Waals surface area contributed by atoms with Crippen LogP contribution in [0.5, 0.6) is 0 Å². The standard InChI is InChI=1S/C11H18ClN3O/c1-8(2)5-14-11(16)9(3)15-7-13-6-10(15)4-12/h6-9H,4-5H2,1-3H3,(H,14,16). The first-order valence-electron chi connectivity index (χ1n) is 5.40. The highest BCUT2D eigenvalue weighted by Gasteiger charge is 2.16. The molecule has 1 amide bonds. The van der Waals surface area contributed by atoms with Crippen molar-refractivity contribution in [1.82, 2.24) is 14.9 Å². The molecule has 4 nitrogen and oxygen atoms in total. The van der Waals surface area contributed by atoms with E-state index in [0.29, 0.717) is 18.3 Å². The third-order valence-electron chi connectivity index (χ3n) is 2.36. The minimum absolute atomic E-state index is 0.00179. The number of hydrogen-bond acceptors (Lipinski definition) is 2. The molecule has 0 fully saturated rings. The Kier molecular flexibility index (Phi) is 4.80. The first-order chi connectivity index (χ1) is 7.56. The summed E-state index contributed by atoms with van der Waals surface area (Å²) in [5.74, 6) is 0.812. The Hall–Kier alpha value is -1.03. The van der Waals surface area contributed by atoms with E-state index in [1.807, 2.05) is 6.92 Å². The largest absolute Gasteiger partial charge is 0.354 e. The number of imidazole rings is 1. The Bertz CT molecular complexity index is 349. The Labute approximate surface area is 101 Å². The Morgan fingerprint density at radius 3 is 2.81 bits per heavy atom. The van der Waals surface area contributed by atoms with E-state index in [2.05, 4.69) is 24.1 Å². The topological polar surface area (TPSA) is 46.9 Å². The predicted molar refractivity (Wildman–Crippen MR) is 64.3 cm³/mol. The predicted octanol–water partition coefficient (Wildman–Crippen LogP) is 1.96. The minimum atomic E-state index is -0.269. The zero-order valence-corrected chi connectivity index (χ0v) is 10.7. The second kappa shape index (κ2) is 5.89. The molecule has 90 valence electrons. The van der Waals surface area contributed by atoms with E-state index in [4.69, 9.17) is 11.6 Å². The van der Waals surface area contributed by atoms with Gasteiger partial charge in [0.15, 0.2) is 0 Å². The van der Waals surface area contributed by atoms with E-state index in [-0.39, 0.29) is 11.9 Å². The van der Waals surface area contributed by atoms with Crippen molar-refractivity contribution in [1.29, 1.82) is 0 Å². The van der Waals surface area contributed by atoms with Gasteiger partial charge in [-0.1, -0.05) is 13.8 Å². The number of aromatic nitrogens is 2. The molecule has 1 N–H and O–H groups in total. The number of amides is 1. The van der Waals surface area contributed by atoms with Gasteiger partial charge in [-0.05, 0) is 12.8 Å². The number of rotatable bonds is 5. The molecular formula is C11H18ClN3O. The monoisotopic (exact) mass is 243 g/mol. The molecule has 1 rings (SSSR count). The zero-order valence-electron chi connectivity index (χ0n) is 9.90. The van der Waals surface area contributed by atoms with E-state index in [9.17, 15) is 4.79 Å². The molecule has 0 spiro atoms. The van der Waals surface area contributed by atoms with E-state index in [1.54, 1.807) is 17.1 Å². The van der Waals surface area contributed by atoms with Gasteiger partial charge < -0.3 is 9.88 Å². The fourth-order valence-corrected chi connectivity index (χ4v) is 1.57. The molecule has 0 aliphatic rings. The summed E-state index contributed by atoms with van der Waals surface area (Å²) in [6, 6.07) is -0.269. The average molecular weight is 244 g/mol. The number of carbonyl (C=O) groups is 1. The smallest absolute Gasteiger partial charge is 0.242 e. The van der Waals surface area contributed by atoms with Crippen molar-refractivity contribution in [2.45, 2.75) is 32.7 Å². The summed E-state index contributed by atoms with van der Waals surface area (Å²) >= 11 is 5.76. The third-order valence-corrected chi connectivity index (χ3v) is 2.64. The summed E-state index contributed by atoms with van der Waals surface area (Å²) < 4.78 is 1.79. The van der Waals surface area contributed by atoms with E-state index >= 15 is 0 Å². The molecule has 5 heteroatoms. The molecular weight excluding hydrogens is 226 g/mol. The lowest BCUT2D eigenvalue weighted by Crippen LogP contribution is -2.33. The van der Waals surface area contributed by atoms with E-state index < -0.39 is 0 Å². The number of alkyl halides is 1. The summed E-state index contributed by atoms with van der Waals surface area (Å²) in [6.45, 7) is 6.65. The molecule has 0 saturated heterocycles. The Balaban J connectivity index is 2.63. The lowest BCUT2D eigenvalue weighted by molar-refractivity contribution is -0.124. The maximum absolute atomic E-state index is 11.8. The highest BCUT2D eigenvalue weighted by Crippen LogP contribution is 2.12. The fraction of sp³-hybridized carbons (Fsp3) is 0.636. The highest BCUT2D eigenvalue weighted by molar-refractivity contribution is 6.16. The molecule has 0 aliphatic heterocycles. The van der Waals surface area contributed by atoms with Gasteiger partial charge >= 0.3 is 0 Å². The lowest BCUT2D eigenvalue weighted by Gasteiger charge is -2.16. The van der Waals surface area contributed by atoms with Crippen LogP contribution in [0.25, 0.3) is 0 Å². The fourth-order valence-electron chi connectivity index (χ4n) is 1.36. The van der Waals surface area contributed by atoms with Crippen LogP contribution in [-0.4, -0.2) is 22.0 Å². The summed E-state index contributed by atoms with van der Waals surface area (Å²) in [4.78, 5) is 15.8. The van der Waals surface area contributed by atoms with Crippen molar-refractivity contribution >= 4 is 17.5 Å². The van der Waals surface area contributed by atoms with Gasteiger partial charge in [-0.25, -0.2) is 4.98 Å². The van der Waals surface area contributed by atoms with Crippen LogP contribution in [0.4, 0.5) is 0 Å². The van der Waals surface area contributed by atoms with Crippen molar-refractivity contribution < 1.29 is 4.79 Å². The minimum Gasteiger partial charge on any atom is -0.354 e. The summed E-state index contributed by atoms with van der Waals surface area (Å²) in [5.41, 5.74) is 0.855. The first-order valence-corrected chi connectivity index (χ1v) is 5.94. The Morgan fingerprint density at radius 2 is 2.25 bits per heavy atom. The van der Waals surface area contributed by atoms with Gasteiger partial charge in [0.2, 0.25) is 5.91 Å². The van der Waals surface area contributed by atoms with Crippen LogP contribution in [-0.2, 0) is 10.7 Å². The van der Waals surface area contributed by atoms with Crippen molar-refractivity contribution in [2.24, 2.45) is 5.92 Å². The van der Waals surface area contributed by atoms with Gasteiger partial charge in [-0.2, -0.15) is 0 Å². The van der Waals surface area contributed by atoms with Crippen LogP contribution in [0.3, 0.4) is 0 Å². The molecule has 16 heavy (non-hydrogen) atoms. The molecule has 0 saturated carbocycles. The van der Waals surface area contributed by atoms with Gasteiger partial charge in [0.1, 0.15) is 6.04 Å². The maximum Gasteiger partial charge on any atom is 0.242 e. The average Bonchev–Trinajstić information content (AvgIpc) is 2.72. The van der Waals surface area contributed by atoms with Crippen LogP contribution >= 0.6 is 11.6 Å². The second-order valence-electron chi connectivity index (χ2n) is 4.24. The molecule has 0 aromatic carbocycles. The number of halogens is 1. The lowest BCUT2D eigenvalue weighted by atomic mass is 10.2. The molecule has 1 unspecified atom stereocenters. The van der Waals surface area contributed by atoms with Gasteiger partial charge in [-0.3, -0.25) is 4.79 Å². The number of hydrogen-bond donors (Lipinski definition) is 1. The summed E-state index contributed by atoms with van der Waals surface area (Å²) in [6.07, 6.45) is 3.32. The molecule has 1 aromatic heterocycles. The van der Waals surface area contributed by atoms with Crippen LogP contribution < -0.4 is 5.32 Å². The van der Waals surface area contributed by atoms with Crippen LogP contribution in [0.1, 0.15) is 32.5 Å². The van der Waals surface area contributed by atoms with Crippen LogP contribution in [0.2, 0.25) is 0 Å². The molecule has 1 aromatic rings. The molecule has 1 atom stereocenters. The Morgan fingerprint density at radius 1 is 1.56 bits per heavy atom. The van der Waals surface area contributed by atoms with Crippen molar-refractivity contribution in [3.05, 3.63) is 18.2 Å². The third kappa shape index (κ3) is 3.23. The van der Waals surface area contributed by atoms with Crippen molar-refractivity contribution in [3.8, 4) is 0 Å². The van der Waals surface area contributed by atoms with E-state index in [1.165, 1.54) is 0 Å². The molecule has 0 bridgehead atoms. The molecule has 0 radical (unpaired) electrons. The number of nitrogens with zero attached hydrogens (tertiary/aromatic N) is 2. The number of carbonyl (C=O) groups excluding carboxylic acids is 1. The molecule has 0 aliphatic carbocycles. The quantitative estimate of drug-likeness (QED) is 0.804. The van der Waals surface area contributed by atoms with Crippen molar-refractivity contribution in [2.75, 3.05) is 6.54 Å². The highest BCUT2D eigenvalue weighted by atomic mass is 35.5. The van der Waals surface area contributed by atoms with Crippen LogP contribution in [0, 0.1) is 5.92 Å². The number of nitrogens with one attached hydrogen (secondary N) is 1. The second-order valence-corrected chi connectivity index (χ2v) is 4.51. The molecule has 1 heterocycles. The van der Waals surface area contributed by atoms with Crippen LogP contribution in [0.15, 0.2) is 12.5 Å². The first kappa shape index (κ1) is 13.0. The normalized spacial score (nSPS) is 12.8. The van der Waals surface area contributed by atoms with Gasteiger partial charge in [0, 0.05) is 12.7 Å². The summed E-state index contributed by atoms with van der Waals surface area (Å²) in [7, 11) is 0. The van der Waals surface area contributed by atoms with Crippen molar-refractivity contribution in [3.63, 3.8) is 0 Å².